The predicted molar refractivity (Wildman–Crippen MR) is 65.2 cm³/mol. The van der Waals surface area contributed by atoms with Gasteiger partial charge in [-0.05, 0) is 60.9 Å². The lowest BCUT2D eigenvalue weighted by atomic mass is 9.96. The van der Waals surface area contributed by atoms with Gasteiger partial charge in [0.25, 0.3) is 0 Å². The monoisotopic (exact) mass is 277 g/mol. The summed E-state index contributed by atoms with van der Waals surface area (Å²) in [4.78, 5) is 14.5. The topological polar surface area (TPSA) is 29.4 Å². The van der Waals surface area contributed by atoms with Gasteiger partial charge < -0.3 is 0 Å². The molecule has 0 N–H and O–H groups in total. The maximum atomic E-state index is 10.5. The van der Waals surface area contributed by atoms with Gasteiger partial charge in [-0.2, -0.15) is 4.99 Å². The number of fused-ring (bicyclic) bond motifs is 1. The van der Waals surface area contributed by atoms with E-state index in [1.807, 2.05) is 0 Å². The summed E-state index contributed by atoms with van der Waals surface area (Å²) in [7, 11) is 0. The highest BCUT2D eigenvalue weighted by atomic mass is 79.9. The van der Waals surface area contributed by atoms with Crippen molar-refractivity contribution in [2.75, 3.05) is 0 Å². The zero-order valence-electron chi connectivity index (χ0n) is 8.92. The molecule has 1 saturated carbocycles. The van der Waals surface area contributed by atoms with Crippen molar-refractivity contribution in [2.24, 2.45) is 4.99 Å². The van der Waals surface area contributed by atoms with Crippen molar-refractivity contribution >= 4 is 22.0 Å². The summed E-state index contributed by atoms with van der Waals surface area (Å²) >= 11 is 3.55. The molecule has 0 aromatic heterocycles. The third-order valence-electron chi connectivity index (χ3n) is 3.66. The molecular formula is C13H12BrNO. The fourth-order valence-electron chi connectivity index (χ4n) is 2.73. The third kappa shape index (κ3) is 1.47. The second-order valence-electron chi connectivity index (χ2n) is 4.68. The molecule has 0 saturated heterocycles. The van der Waals surface area contributed by atoms with E-state index < -0.39 is 0 Å². The molecule has 3 heteroatoms. The summed E-state index contributed by atoms with van der Waals surface area (Å²) in [5.41, 5.74) is 3.90. The average molecular weight is 278 g/mol. The molecule has 16 heavy (non-hydrogen) atoms. The largest absolute Gasteiger partial charge is 0.235 e. The van der Waals surface area contributed by atoms with Crippen molar-refractivity contribution in [3.63, 3.8) is 0 Å². The van der Waals surface area contributed by atoms with E-state index in [1.165, 1.54) is 23.1 Å². The Morgan fingerprint density at radius 3 is 2.81 bits per heavy atom. The van der Waals surface area contributed by atoms with Gasteiger partial charge in [-0.15, -0.1) is 0 Å². The van der Waals surface area contributed by atoms with Crippen molar-refractivity contribution in [1.29, 1.82) is 0 Å². The summed E-state index contributed by atoms with van der Waals surface area (Å²) in [6, 6.07) is 4.34. The number of carbonyl (C=O) groups excluding carboxylic acids is 1. The maximum absolute atomic E-state index is 10.5. The fourth-order valence-corrected chi connectivity index (χ4v) is 3.23. The Morgan fingerprint density at radius 2 is 2.12 bits per heavy atom. The van der Waals surface area contributed by atoms with Crippen LogP contribution in [0.15, 0.2) is 21.6 Å². The van der Waals surface area contributed by atoms with Crippen LogP contribution >= 0.6 is 15.9 Å². The van der Waals surface area contributed by atoms with Gasteiger partial charge in [-0.3, -0.25) is 0 Å². The Labute approximate surface area is 103 Å². The molecule has 0 amide bonds. The van der Waals surface area contributed by atoms with Crippen LogP contribution in [-0.2, 0) is 23.2 Å². The Hall–Kier alpha value is -0.920. The molecule has 0 atom stereocenters. The van der Waals surface area contributed by atoms with E-state index in [-0.39, 0.29) is 5.54 Å². The lowest BCUT2D eigenvalue weighted by Crippen LogP contribution is -2.07. The van der Waals surface area contributed by atoms with Crippen LogP contribution in [0, 0.1) is 0 Å². The van der Waals surface area contributed by atoms with Crippen molar-refractivity contribution in [2.45, 2.75) is 37.6 Å². The van der Waals surface area contributed by atoms with Gasteiger partial charge in [0.15, 0.2) is 0 Å². The van der Waals surface area contributed by atoms with Gasteiger partial charge in [-0.25, -0.2) is 4.79 Å². The Kier molecular flexibility index (Phi) is 2.27. The number of isocyanates is 1. The number of hydrogen-bond donors (Lipinski definition) is 0. The first-order valence-corrected chi connectivity index (χ1v) is 6.45. The van der Waals surface area contributed by atoms with Crippen molar-refractivity contribution in [1.82, 2.24) is 0 Å². The normalized spacial score (nSPS) is 20.1. The van der Waals surface area contributed by atoms with E-state index in [1.54, 1.807) is 6.08 Å². The minimum Gasteiger partial charge on any atom is -0.211 e. The van der Waals surface area contributed by atoms with E-state index in [2.05, 4.69) is 33.1 Å². The van der Waals surface area contributed by atoms with Crippen molar-refractivity contribution in [3.05, 3.63) is 33.3 Å². The SMILES string of the molecule is O=C=NC1(c2cc(Br)cc3c2CCC3)CC1. The van der Waals surface area contributed by atoms with Crippen LogP contribution in [0.3, 0.4) is 0 Å². The minimum atomic E-state index is -0.222. The summed E-state index contributed by atoms with van der Waals surface area (Å²) < 4.78 is 1.11. The summed E-state index contributed by atoms with van der Waals surface area (Å²) in [5.74, 6) is 0. The molecule has 0 bridgehead atoms. The second-order valence-corrected chi connectivity index (χ2v) is 5.59. The van der Waals surface area contributed by atoms with E-state index >= 15 is 0 Å². The molecule has 2 aliphatic rings. The van der Waals surface area contributed by atoms with E-state index in [9.17, 15) is 4.79 Å². The van der Waals surface area contributed by atoms with Crippen molar-refractivity contribution in [3.8, 4) is 0 Å². The van der Waals surface area contributed by atoms with E-state index in [0.29, 0.717) is 0 Å². The first-order valence-electron chi connectivity index (χ1n) is 5.66. The molecule has 1 aromatic rings. The van der Waals surface area contributed by atoms with Gasteiger partial charge in [0.2, 0.25) is 6.08 Å². The first kappa shape index (κ1) is 10.2. The van der Waals surface area contributed by atoms with Crippen LogP contribution in [0.2, 0.25) is 0 Å². The standard InChI is InChI=1S/C13H12BrNO/c14-10-6-9-2-1-3-11(9)12(7-10)13(4-5-13)15-8-16/h6-7H,1-5H2. The van der Waals surface area contributed by atoms with Gasteiger partial charge in [-0.1, -0.05) is 15.9 Å². The van der Waals surface area contributed by atoms with Crippen LogP contribution in [0.1, 0.15) is 36.0 Å². The zero-order valence-corrected chi connectivity index (χ0v) is 10.5. The molecule has 82 valence electrons. The predicted octanol–water partition coefficient (Wildman–Crippen LogP) is 3.26. The van der Waals surface area contributed by atoms with E-state index in [4.69, 9.17) is 0 Å². The quantitative estimate of drug-likeness (QED) is 0.603. The molecule has 2 nitrogen and oxygen atoms in total. The smallest absolute Gasteiger partial charge is 0.211 e. The molecule has 3 rings (SSSR count). The number of halogens is 1. The van der Waals surface area contributed by atoms with Crippen LogP contribution < -0.4 is 0 Å². The summed E-state index contributed by atoms with van der Waals surface area (Å²) in [5, 5.41) is 0. The summed E-state index contributed by atoms with van der Waals surface area (Å²) in [6.07, 6.45) is 7.23. The summed E-state index contributed by atoms with van der Waals surface area (Å²) in [6.45, 7) is 0. The number of benzene rings is 1. The molecule has 0 radical (unpaired) electrons. The van der Waals surface area contributed by atoms with Crippen LogP contribution in [0.25, 0.3) is 0 Å². The van der Waals surface area contributed by atoms with Gasteiger partial charge in [0, 0.05) is 4.47 Å². The van der Waals surface area contributed by atoms with Crippen LogP contribution in [0.5, 0.6) is 0 Å². The molecular weight excluding hydrogens is 266 g/mol. The lowest BCUT2D eigenvalue weighted by Gasteiger charge is -2.14. The first-order chi connectivity index (χ1) is 7.75. The molecule has 1 aromatic carbocycles. The number of nitrogens with zero attached hydrogens (tertiary/aromatic N) is 1. The molecule has 0 unspecified atom stereocenters. The van der Waals surface area contributed by atoms with Crippen LogP contribution in [-0.4, -0.2) is 6.08 Å². The van der Waals surface area contributed by atoms with Gasteiger partial charge in [0.1, 0.15) is 0 Å². The van der Waals surface area contributed by atoms with Crippen LogP contribution in [0.4, 0.5) is 0 Å². The Morgan fingerprint density at radius 1 is 1.31 bits per heavy atom. The highest BCUT2D eigenvalue weighted by molar-refractivity contribution is 9.10. The van der Waals surface area contributed by atoms with Gasteiger partial charge >= 0.3 is 0 Å². The van der Waals surface area contributed by atoms with E-state index in [0.717, 1.165) is 30.2 Å². The highest BCUT2D eigenvalue weighted by Gasteiger charge is 2.46. The highest BCUT2D eigenvalue weighted by Crippen LogP contribution is 2.52. The number of rotatable bonds is 2. The second kappa shape index (κ2) is 3.54. The number of aliphatic imine (C=N–C) groups is 1. The number of aryl methyl sites for hydroxylation is 1. The molecule has 0 heterocycles. The zero-order chi connectivity index (χ0) is 11.2. The fraction of sp³-hybridized carbons (Fsp3) is 0.462. The molecule has 2 aliphatic carbocycles. The van der Waals surface area contributed by atoms with Gasteiger partial charge in [0.05, 0.1) is 5.54 Å². The van der Waals surface area contributed by atoms with Crippen molar-refractivity contribution < 1.29 is 4.79 Å². The maximum Gasteiger partial charge on any atom is 0.235 e. The number of hydrogen-bond acceptors (Lipinski definition) is 2. The molecule has 0 aliphatic heterocycles. The lowest BCUT2D eigenvalue weighted by molar-refractivity contribution is 0.556. The Balaban J connectivity index is 2.17. The minimum absolute atomic E-state index is 0.222. The Bertz CT molecular complexity index is 499. The third-order valence-corrected chi connectivity index (χ3v) is 4.12. The molecule has 0 spiro atoms. The average Bonchev–Trinajstić information content (AvgIpc) is 2.88. The molecule has 1 fully saturated rings.